The van der Waals surface area contributed by atoms with Crippen molar-refractivity contribution in [2.45, 2.75) is 32.2 Å². The second kappa shape index (κ2) is 7.21. The van der Waals surface area contributed by atoms with Crippen molar-refractivity contribution in [2.75, 3.05) is 39.8 Å². The lowest BCUT2D eigenvalue weighted by atomic mass is 9.86. The molecule has 1 aromatic rings. The molecule has 1 aliphatic heterocycles. The molecule has 3 rings (SSSR count). The van der Waals surface area contributed by atoms with Gasteiger partial charge in [-0.2, -0.15) is 0 Å². The van der Waals surface area contributed by atoms with E-state index in [1.54, 1.807) is 7.11 Å². The highest BCUT2D eigenvalue weighted by atomic mass is 16.5. The van der Waals surface area contributed by atoms with Gasteiger partial charge in [0.15, 0.2) is 0 Å². The van der Waals surface area contributed by atoms with Crippen LogP contribution in [0.15, 0.2) is 18.2 Å². The average molecular weight is 317 g/mol. The number of amides is 2. The molecule has 2 aliphatic rings. The number of urea groups is 1. The van der Waals surface area contributed by atoms with E-state index in [1.165, 1.54) is 24.0 Å². The summed E-state index contributed by atoms with van der Waals surface area (Å²) in [5.41, 5.74) is 2.87. The van der Waals surface area contributed by atoms with Gasteiger partial charge in [-0.1, -0.05) is 6.07 Å². The van der Waals surface area contributed by atoms with Gasteiger partial charge in [0.2, 0.25) is 0 Å². The van der Waals surface area contributed by atoms with E-state index in [0.717, 1.165) is 38.3 Å². The van der Waals surface area contributed by atoms with Gasteiger partial charge in [0.05, 0.1) is 7.11 Å². The Labute approximate surface area is 138 Å². The van der Waals surface area contributed by atoms with Crippen LogP contribution in [0.1, 0.15) is 36.9 Å². The summed E-state index contributed by atoms with van der Waals surface area (Å²) in [7, 11) is 1.73. The Balaban J connectivity index is 1.69. The molecule has 23 heavy (non-hydrogen) atoms. The molecule has 1 fully saturated rings. The number of nitrogens with zero attached hydrogens (tertiary/aromatic N) is 2. The fourth-order valence-corrected chi connectivity index (χ4v) is 3.76. The third-order valence-electron chi connectivity index (χ3n) is 5.01. The standard InChI is InChI=1S/C18H27N3O2/c1-3-19-18(22)21-11-9-20(10-12-21)17-6-4-5-14-7-8-15(23-2)13-16(14)17/h7-8,13,17H,3-6,9-12H2,1-2H3,(H,19,22)/t17-/m1/s1. The number of rotatable bonds is 3. The Morgan fingerprint density at radius 2 is 2.09 bits per heavy atom. The minimum absolute atomic E-state index is 0.0675. The fourth-order valence-electron chi connectivity index (χ4n) is 3.76. The third kappa shape index (κ3) is 3.44. The van der Waals surface area contributed by atoms with E-state index in [2.05, 4.69) is 28.4 Å². The van der Waals surface area contributed by atoms with Crippen molar-refractivity contribution in [1.29, 1.82) is 0 Å². The van der Waals surface area contributed by atoms with Crippen LogP contribution in [0.4, 0.5) is 4.79 Å². The van der Waals surface area contributed by atoms with Crippen molar-refractivity contribution in [3.05, 3.63) is 29.3 Å². The Morgan fingerprint density at radius 3 is 2.78 bits per heavy atom. The van der Waals surface area contributed by atoms with Crippen molar-refractivity contribution in [3.63, 3.8) is 0 Å². The maximum absolute atomic E-state index is 11.9. The van der Waals surface area contributed by atoms with Crippen LogP contribution in [-0.2, 0) is 6.42 Å². The largest absolute Gasteiger partial charge is 0.497 e. The number of piperazine rings is 1. The number of hydrogen-bond donors (Lipinski definition) is 1. The van der Waals surface area contributed by atoms with Crippen LogP contribution < -0.4 is 10.1 Å². The average Bonchev–Trinajstić information content (AvgIpc) is 2.61. The highest BCUT2D eigenvalue weighted by molar-refractivity contribution is 5.74. The zero-order valence-electron chi connectivity index (χ0n) is 14.2. The molecular formula is C18H27N3O2. The lowest BCUT2D eigenvalue weighted by Crippen LogP contribution is -2.52. The smallest absolute Gasteiger partial charge is 0.317 e. The van der Waals surface area contributed by atoms with Gasteiger partial charge >= 0.3 is 6.03 Å². The van der Waals surface area contributed by atoms with Gasteiger partial charge < -0.3 is 15.0 Å². The van der Waals surface area contributed by atoms with E-state index >= 15 is 0 Å². The first-order valence-electron chi connectivity index (χ1n) is 8.66. The van der Waals surface area contributed by atoms with Crippen molar-refractivity contribution in [2.24, 2.45) is 0 Å². The summed E-state index contributed by atoms with van der Waals surface area (Å²) < 4.78 is 5.41. The quantitative estimate of drug-likeness (QED) is 0.931. The number of methoxy groups -OCH3 is 1. The van der Waals surface area contributed by atoms with E-state index < -0.39 is 0 Å². The number of carbonyl (C=O) groups is 1. The van der Waals surface area contributed by atoms with E-state index in [4.69, 9.17) is 4.74 Å². The zero-order chi connectivity index (χ0) is 16.2. The topological polar surface area (TPSA) is 44.8 Å². The SMILES string of the molecule is CCNC(=O)N1CCN([C@@H]2CCCc3ccc(OC)cc32)CC1. The van der Waals surface area contributed by atoms with Gasteiger partial charge in [-0.05, 0) is 49.4 Å². The van der Waals surface area contributed by atoms with Crippen molar-refractivity contribution in [3.8, 4) is 5.75 Å². The number of fused-ring (bicyclic) bond motifs is 1. The lowest BCUT2D eigenvalue weighted by molar-refractivity contribution is 0.100. The maximum atomic E-state index is 11.9. The molecule has 5 heteroatoms. The predicted octanol–water partition coefficient (Wildman–Crippen LogP) is 2.42. The molecule has 2 amide bonds. The van der Waals surface area contributed by atoms with Gasteiger partial charge in [-0.25, -0.2) is 4.79 Å². The Hall–Kier alpha value is -1.75. The van der Waals surface area contributed by atoms with Crippen molar-refractivity contribution < 1.29 is 9.53 Å². The molecule has 0 spiro atoms. The molecule has 0 saturated carbocycles. The van der Waals surface area contributed by atoms with Gasteiger partial charge in [-0.3, -0.25) is 4.90 Å². The van der Waals surface area contributed by atoms with Gasteiger partial charge in [-0.15, -0.1) is 0 Å². The van der Waals surface area contributed by atoms with Crippen LogP contribution in [0.25, 0.3) is 0 Å². The van der Waals surface area contributed by atoms with Gasteiger partial charge in [0, 0.05) is 38.8 Å². The molecule has 1 heterocycles. The minimum atomic E-state index is 0.0675. The van der Waals surface area contributed by atoms with E-state index in [0.29, 0.717) is 12.6 Å². The molecule has 0 bridgehead atoms. The second-order valence-electron chi connectivity index (χ2n) is 6.33. The number of aryl methyl sites for hydroxylation is 1. The maximum Gasteiger partial charge on any atom is 0.317 e. The molecule has 0 aromatic heterocycles. The molecule has 1 aliphatic carbocycles. The molecule has 1 atom stereocenters. The van der Waals surface area contributed by atoms with Crippen LogP contribution in [0.3, 0.4) is 0 Å². The van der Waals surface area contributed by atoms with Crippen LogP contribution in [0.2, 0.25) is 0 Å². The first-order chi connectivity index (χ1) is 11.2. The summed E-state index contributed by atoms with van der Waals surface area (Å²) in [6.07, 6.45) is 3.59. The number of hydrogen-bond acceptors (Lipinski definition) is 3. The number of ether oxygens (including phenoxy) is 1. The summed E-state index contributed by atoms with van der Waals surface area (Å²) in [4.78, 5) is 16.4. The van der Waals surface area contributed by atoms with E-state index in [-0.39, 0.29) is 6.03 Å². The minimum Gasteiger partial charge on any atom is -0.497 e. The van der Waals surface area contributed by atoms with Crippen LogP contribution >= 0.6 is 0 Å². The lowest BCUT2D eigenvalue weighted by Gasteiger charge is -2.41. The fraction of sp³-hybridized carbons (Fsp3) is 0.611. The predicted molar refractivity (Wildman–Crippen MR) is 90.9 cm³/mol. The number of carbonyl (C=O) groups excluding carboxylic acids is 1. The van der Waals surface area contributed by atoms with Gasteiger partial charge in [0.25, 0.3) is 0 Å². The second-order valence-corrected chi connectivity index (χ2v) is 6.33. The monoisotopic (exact) mass is 317 g/mol. The summed E-state index contributed by atoms with van der Waals surface area (Å²) >= 11 is 0. The Morgan fingerprint density at radius 1 is 1.30 bits per heavy atom. The summed E-state index contributed by atoms with van der Waals surface area (Å²) in [6, 6.07) is 7.01. The molecular weight excluding hydrogens is 290 g/mol. The van der Waals surface area contributed by atoms with Crippen molar-refractivity contribution >= 4 is 6.03 Å². The molecule has 0 unspecified atom stereocenters. The summed E-state index contributed by atoms with van der Waals surface area (Å²) in [5, 5.41) is 2.89. The molecule has 1 saturated heterocycles. The number of nitrogens with one attached hydrogen (secondary N) is 1. The zero-order valence-corrected chi connectivity index (χ0v) is 14.2. The summed E-state index contributed by atoms with van der Waals surface area (Å²) in [5.74, 6) is 0.941. The first-order valence-corrected chi connectivity index (χ1v) is 8.66. The van der Waals surface area contributed by atoms with Crippen molar-refractivity contribution in [1.82, 2.24) is 15.1 Å². The highest BCUT2D eigenvalue weighted by Gasteiger charge is 2.30. The summed E-state index contributed by atoms with van der Waals surface area (Å²) in [6.45, 7) is 6.15. The van der Waals surface area contributed by atoms with Crippen LogP contribution in [-0.4, -0.2) is 55.7 Å². The molecule has 1 N–H and O–H groups in total. The third-order valence-corrected chi connectivity index (χ3v) is 5.01. The number of benzene rings is 1. The Bertz CT molecular complexity index is 553. The van der Waals surface area contributed by atoms with E-state index in [1.807, 2.05) is 11.8 Å². The van der Waals surface area contributed by atoms with Gasteiger partial charge in [0.1, 0.15) is 5.75 Å². The molecule has 126 valence electrons. The van der Waals surface area contributed by atoms with Crippen LogP contribution in [0.5, 0.6) is 5.75 Å². The Kier molecular flexibility index (Phi) is 5.06. The molecule has 1 aromatic carbocycles. The normalized spacial score (nSPS) is 21.7. The first kappa shape index (κ1) is 16.1. The molecule has 0 radical (unpaired) electrons. The van der Waals surface area contributed by atoms with Crippen LogP contribution in [0, 0.1) is 0 Å². The molecule has 5 nitrogen and oxygen atoms in total. The highest BCUT2D eigenvalue weighted by Crippen LogP contribution is 2.36. The van der Waals surface area contributed by atoms with E-state index in [9.17, 15) is 4.79 Å².